The molecule has 1 aliphatic carbocycles. The van der Waals surface area contributed by atoms with Crippen LogP contribution in [0.2, 0.25) is 0 Å². The molecule has 1 aliphatic rings. The van der Waals surface area contributed by atoms with Gasteiger partial charge in [-0.2, -0.15) is 4.68 Å². The number of nitrogens with zero attached hydrogens (tertiary/aromatic N) is 4. The van der Waals surface area contributed by atoms with Gasteiger partial charge in [-0.25, -0.2) is 4.79 Å². The van der Waals surface area contributed by atoms with Gasteiger partial charge in [-0.05, 0) is 60.0 Å². The van der Waals surface area contributed by atoms with Crippen molar-refractivity contribution in [3.05, 3.63) is 65.5 Å². The van der Waals surface area contributed by atoms with Crippen molar-refractivity contribution in [2.75, 3.05) is 5.32 Å². The number of aryl methyl sites for hydroxylation is 1. The third-order valence-corrected chi connectivity index (χ3v) is 5.19. The average Bonchev–Trinajstić information content (AvgIpc) is 3.32. The summed E-state index contributed by atoms with van der Waals surface area (Å²) in [7, 11) is 0. The molecule has 0 radical (unpaired) electrons. The molecule has 3 aromatic rings. The van der Waals surface area contributed by atoms with Crippen LogP contribution in [-0.2, 0) is 5.54 Å². The number of anilines is 1. The second-order valence-electron chi connectivity index (χ2n) is 7.00. The van der Waals surface area contributed by atoms with Crippen LogP contribution in [-0.4, -0.2) is 31.3 Å². The zero-order chi connectivity index (χ0) is 18.9. The number of carboxylic acids is 1. The molecule has 138 valence electrons. The number of para-hydroxylation sites is 1. The smallest absolute Gasteiger partial charge is 0.335 e. The number of carbonyl (C=O) groups is 1. The first-order chi connectivity index (χ1) is 13.1. The van der Waals surface area contributed by atoms with Crippen molar-refractivity contribution < 1.29 is 9.90 Å². The summed E-state index contributed by atoms with van der Waals surface area (Å²) < 4.78 is 1.80. The predicted octanol–water partition coefficient (Wildman–Crippen LogP) is 3.55. The molecule has 1 heterocycles. The number of nitrogens with one attached hydrogen (secondary N) is 1. The zero-order valence-corrected chi connectivity index (χ0v) is 15.1. The SMILES string of the molecule is Cc1ccccc1-n1nnnc1C1(Nc2cccc(C(=O)O)c2)CCCC1. The highest BCUT2D eigenvalue weighted by molar-refractivity contribution is 5.88. The van der Waals surface area contributed by atoms with Gasteiger partial charge in [-0.1, -0.05) is 37.1 Å². The highest BCUT2D eigenvalue weighted by Crippen LogP contribution is 2.41. The Balaban J connectivity index is 1.76. The van der Waals surface area contributed by atoms with Crippen LogP contribution < -0.4 is 5.32 Å². The largest absolute Gasteiger partial charge is 0.478 e. The van der Waals surface area contributed by atoms with Crippen molar-refractivity contribution >= 4 is 11.7 Å². The molecule has 1 fully saturated rings. The van der Waals surface area contributed by atoms with Crippen LogP contribution in [0.3, 0.4) is 0 Å². The first-order valence-electron chi connectivity index (χ1n) is 9.05. The average molecular weight is 363 g/mol. The van der Waals surface area contributed by atoms with Crippen molar-refractivity contribution in [1.29, 1.82) is 0 Å². The number of hydrogen-bond acceptors (Lipinski definition) is 5. The van der Waals surface area contributed by atoms with Gasteiger partial charge in [0.05, 0.1) is 16.8 Å². The lowest BCUT2D eigenvalue weighted by Gasteiger charge is -2.30. The van der Waals surface area contributed by atoms with Crippen LogP contribution in [0.15, 0.2) is 48.5 Å². The van der Waals surface area contributed by atoms with Gasteiger partial charge >= 0.3 is 5.97 Å². The Kier molecular flexibility index (Phi) is 4.35. The molecule has 4 rings (SSSR count). The van der Waals surface area contributed by atoms with Gasteiger partial charge < -0.3 is 10.4 Å². The summed E-state index contributed by atoms with van der Waals surface area (Å²) >= 11 is 0. The van der Waals surface area contributed by atoms with Gasteiger partial charge in [-0.15, -0.1) is 5.10 Å². The minimum absolute atomic E-state index is 0.256. The highest BCUT2D eigenvalue weighted by atomic mass is 16.4. The van der Waals surface area contributed by atoms with Crippen LogP contribution in [0.1, 0.15) is 47.4 Å². The molecule has 2 N–H and O–H groups in total. The van der Waals surface area contributed by atoms with Crippen molar-refractivity contribution in [3.63, 3.8) is 0 Å². The Bertz CT molecular complexity index is 976. The molecule has 7 heteroatoms. The molecular formula is C20H21N5O2. The maximum Gasteiger partial charge on any atom is 0.335 e. The maximum absolute atomic E-state index is 11.3. The summed E-state index contributed by atoms with van der Waals surface area (Å²) in [6.45, 7) is 2.03. The van der Waals surface area contributed by atoms with E-state index in [2.05, 4.69) is 20.8 Å². The van der Waals surface area contributed by atoms with Crippen molar-refractivity contribution in [2.24, 2.45) is 0 Å². The fourth-order valence-electron chi connectivity index (χ4n) is 3.84. The van der Waals surface area contributed by atoms with Crippen molar-refractivity contribution in [3.8, 4) is 5.69 Å². The molecule has 27 heavy (non-hydrogen) atoms. The summed E-state index contributed by atoms with van der Waals surface area (Å²) in [6.07, 6.45) is 3.89. The number of tetrazole rings is 1. The number of aromatic carboxylic acids is 1. The minimum atomic E-state index is -0.941. The van der Waals surface area contributed by atoms with Gasteiger partial charge in [0.25, 0.3) is 0 Å². The molecule has 1 aromatic heterocycles. The monoisotopic (exact) mass is 363 g/mol. The maximum atomic E-state index is 11.3. The number of carboxylic acid groups (broad SMARTS) is 1. The van der Waals surface area contributed by atoms with E-state index in [9.17, 15) is 9.90 Å². The molecule has 0 bridgehead atoms. The van der Waals surface area contributed by atoms with E-state index in [1.54, 1.807) is 22.9 Å². The van der Waals surface area contributed by atoms with E-state index in [-0.39, 0.29) is 5.56 Å². The molecule has 0 atom stereocenters. The lowest BCUT2D eigenvalue weighted by Crippen LogP contribution is -2.35. The summed E-state index contributed by atoms with van der Waals surface area (Å²) in [5.41, 5.74) is 2.63. The van der Waals surface area contributed by atoms with Gasteiger partial charge in [0.2, 0.25) is 0 Å². The van der Waals surface area contributed by atoms with E-state index < -0.39 is 11.5 Å². The Labute approximate surface area is 157 Å². The first-order valence-corrected chi connectivity index (χ1v) is 9.05. The number of rotatable bonds is 5. The fourth-order valence-corrected chi connectivity index (χ4v) is 3.84. The predicted molar refractivity (Wildman–Crippen MR) is 101 cm³/mol. The molecule has 0 spiro atoms. The third-order valence-electron chi connectivity index (χ3n) is 5.19. The quantitative estimate of drug-likeness (QED) is 0.720. The van der Waals surface area contributed by atoms with E-state index in [1.165, 1.54) is 0 Å². The number of benzene rings is 2. The van der Waals surface area contributed by atoms with Gasteiger partial charge in [0, 0.05) is 5.69 Å². The lowest BCUT2D eigenvalue weighted by atomic mass is 9.95. The Morgan fingerprint density at radius 1 is 1.15 bits per heavy atom. The summed E-state index contributed by atoms with van der Waals surface area (Å²) in [5.74, 6) is -0.182. The van der Waals surface area contributed by atoms with Crippen molar-refractivity contribution in [2.45, 2.75) is 38.1 Å². The van der Waals surface area contributed by atoms with Gasteiger partial charge in [0.1, 0.15) is 0 Å². The zero-order valence-electron chi connectivity index (χ0n) is 15.1. The third kappa shape index (κ3) is 3.16. The van der Waals surface area contributed by atoms with E-state index in [0.717, 1.165) is 48.4 Å². The normalized spacial score (nSPS) is 15.6. The Morgan fingerprint density at radius 2 is 1.93 bits per heavy atom. The Hall–Kier alpha value is -3.22. The van der Waals surface area contributed by atoms with Crippen LogP contribution in [0.25, 0.3) is 5.69 Å². The van der Waals surface area contributed by atoms with Crippen LogP contribution in [0, 0.1) is 6.92 Å². The molecule has 0 unspecified atom stereocenters. The first kappa shape index (κ1) is 17.2. The van der Waals surface area contributed by atoms with Crippen LogP contribution >= 0.6 is 0 Å². The topological polar surface area (TPSA) is 92.9 Å². The molecule has 1 saturated carbocycles. The van der Waals surface area contributed by atoms with Crippen LogP contribution in [0.4, 0.5) is 5.69 Å². The number of aromatic nitrogens is 4. The number of hydrogen-bond donors (Lipinski definition) is 2. The molecule has 0 amide bonds. The standard InChI is InChI=1S/C20H21N5O2/c1-14-7-2-3-10-17(14)25-19(22-23-24-25)20(11-4-5-12-20)21-16-9-6-8-15(13-16)18(26)27/h2-3,6-10,13,21H,4-5,11-12H2,1H3,(H,26,27). The summed E-state index contributed by atoms with van der Waals surface area (Å²) in [4.78, 5) is 11.3. The summed E-state index contributed by atoms with van der Waals surface area (Å²) in [5, 5.41) is 25.4. The van der Waals surface area contributed by atoms with E-state index in [4.69, 9.17) is 0 Å². The fraction of sp³-hybridized carbons (Fsp3) is 0.300. The Morgan fingerprint density at radius 3 is 2.67 bits per heavy atom. The van der Waals surface area contributed by atoms with E-state index in [0.29, 0.717) is 0 Å². The molecule has 0 aliphatic heterocycles. The summed E-state index contributed by atoms with van der Waals surface area (Å²) in [6, 6.07) is 14.9. The minimum Gasteiger partial charge on any atom is -0.478 e. The second kappa shape index (κ2) is 6.83. The van der Waals surface area contributed by atoms with Gasteiger partial charge in [0.15, 0.2) is 5.82 Å². The van der Waals surface area contributed by atoms with Crippen molar-refractivity contribution in [1.82, 2.24) is 20.2 Å². The second-order valence-corrected chi connectivity index (χ2v) is 7.00. The highest BCUT2D eigenvalue weighted by Gasteiger charge is 2.41. The van der Waals surface area contributed by atoms with Gasteiger partial charge in [-0.3, -0.25) is 0 Å². The van der Waals surface area contributed by atoms with Crippen LogP contribution in [0.5, 0.6) is 0 Å². The molecule has 0 saturated heterocycles. The van der Waals surface area contributed by atoms with E-state index >= 15 is 0 Å². The molecule has 7 nitrogen and oxygen atoms in total. The lowest BCUT2D eigenvalue weighted by molar-refractivity contribution is 0.0697. The molecular weight excluding hydrogens is 342 g/mol. The van der Waals surface area contributed by atoms with E-state index in [1.807, 2.05) is 37.3 Å². The molecule has 2 aromatic carbocycles.